The molecule has 1 heterocycles. The van der Waals surface area contributed by atoms with Gasteiger partial charge in [-0.25, -0.2) is 9.59 Å². The molecular weight excluding hydrogens is 360 g/mol. The van der Waals surface area contributed by atoms with Crippen molar-refractivity contribution in [3.63, 3.8) is 0 Å². The Morgan fingerprint density at radius 2 is 1.54 bits per heavy atom. The number of para-hydroxylation sites is 1. The SMILES string of the molecule is COC(=O)c1cc(NC(=O)Cn2c(C)cc3ccccc32)cc(C(=O)OC)c1. The number of rotatable bonds is 5. The standard InChI is InChI=1S/C21H20N2O5/c1-13-8-14-6-4-5-7-18(14)23(13)12-19(24)22-17-10-15(20(25)27-2)9-16(11-17)21(26)28-3/h4-11H,12H2,1-3H3,(H,22,24). The zero-order valence-corrected chi connectivity index (χ0v) is 15.8. The molecule has 1 aromatic heterocycles. The molecule has 0 atom stereocenters. The summed E-state index contributed by atoms with van der Waals surface area (Å²) in [5.41, 5.74) is 2.50. The normalized spacial score (nSPS) is 10.5. The quantitative estimate of drug-likeness (QED) is 0.687. The summed E-state index contributed by atoms with van der Waals surface area (Å²) in [5.74, 6) is -1.52. The Bertz CT molecular complexity index is 1030. The number of amides is 1. The summed E-state index contributed by atoms with van der Waals surface area (Å²) in [6.45, 7) is 2.02. The third kappa shape index (κ3) is 3.88. The number of ether oxygens (including phenoxy) is 2. The number of benzene rings is 2. The lowest BCUT2D eigenvalue weighted by Crippen LogP contribution is -2.20. The smallest absolute Gasteiger partial charge is 0.337 e. The minimum absolute atomic E-state index is 0.0926. The third-order valence-corrected chi connectivity index (χ3v) is 4.38. The van der Waals surface area contributed by atoms with Crippen LogP contribution >= 0.6 is 0 Å². The van der Waals surface area contributed by atoms with E-state index in [0.29, 0.717) is 5.69 Å². The molecule has 0 unspecified atom stereocenters. The van der Waals surface area contributed by atoms with Gasteiger partial charge in [0.2, 0.25) is 5.91 Å². The van der Waals surface area contributed by atoms with Crippen molar-refractivity contribution in [2.45, 2.75) is 13.5 Å². The van der Waals surface area contributed by atoms with Gasteiger partial charge < -0.3 is 19.4 Å². The van der Waals surface area contributed by atoms with Gasteiger partial charge in [-0.2, -0.15) is 0 Å². The first-order valence-electron chi connectivity index (χ1n) is 8.59. The summed E-state index contributed by atoms with van der Waals surface area (Å²) in [7, 11) is 2.48. The van der Waals surface area contributed by atoms with Crippen molar-refractivity contribution >= 4 is 34.4 Å². The van der Waals surface area contributed by atoms with Crippen molar-refractivity contribution in [2.75, 3.05) is 19.5 Å². The van der Waals surface area contributed by atoms with Gasteiger partial charge in [-0.15, -0.1) is 0 Å². The maximum absolute atomic E-state index is 12.6. The van der Waals surface area contributed by atoms with Gasteiger partial charge in [-0.1, -0.05) is 18.2 Å². The first kappa shape index (κ1) is 19.2. The summed E-state index contributed by atoms with van der Waals surface area (Å²) in [6.07, 6.45) is 0. The minimum atomic E-state index is -0.617. The average Bonchev–Trinajstić information content (AvgIpc) is 3.01. The van der Waals surface area contributed by atoms with Crippen LogP contribution in [0.4, 0.5) is 5.69 Å². The number of nitrogens with zero attached hydrogens (tertiary/aromatic N) is 1. The van der Waals surface area contributed by atoms with Crippen LogP contribution in [0, 0.1) is 6.92 Å². The van der Waals surface area contributed by atoms with E-state index in [1.54, 1.807) is 0 Å². The van der Waals surface area contributed by atoms with Crippen LogP contribution in [0.25, 0.3) is 10.9 Å². The largest absolute Gasteiger partial charge is 0.465 e. The zero-order chi connectivity index (χ0) is 20.3. The summed E-state index contributed by atoms with van der Waals surface area (Å²) in [4.78, 5) is 36.4. The Morgan fingerprint density at radius 3 is 2.14 bits per heavy atom. The van der Waals surface area contributed by atoms with E-state index in [9.17, 15) is 14.4 Å². The topological polar surface area (TPSA) is 86.6 Å². The number of fused-ring (bicyclic) bond motifs is 1. The van der Waals surface area contributed by atoms with Crippen LogP contribution in [0.1, 0.15) is 26.4 Å². The zero-order valence-electron chi connectivity index (χ0n) is 15.8. The molecule has 2 aromatic carbocycles. The van der Waals surface area contributed by atoms with E-state index in [4.69, 9.17) is 9.47 Å². The van der Waals surface area contributed by atoms with Crippen LogP contribution in [0.15, 0.2) is 48.5 Å². The van der Waals surface area contributed by atoms with E-state index < -0.39 is 11.9 Å². The molecule has 7 nitrogen and oxygen atoms in total. The molecule has 0 radical (unpaired) electrons. The molecule has 0 bridgehead atoms. The number of carbonyl (C=O) groups is 3. The number of hydrogen-bond acceptors (Lipinski definition) is 5. The van der Waals surface area contributed by atoms with Crippen molar-refractivity contribution in [1.82, 2.24) is 4.57 Å². The van der Waals surface area contributed by atoms with Crippen LogP contribution < -0.4 is 5.32 Å². The number of aromatic nitrogens is 1. The Kier molecular flexibility index (Phi) is 5.44. The lowest BCUT2D eigenvalue weighted by atomic mass is 10.1. The van der Waals surface area contributed by atoms with Crippen molar-refractivity contribution in [3.05, 3.63) is 65.4 Å². The van der Waals surface area contributed by atoms with E-state index in [1.807, 2.05) is 41.8 Å². The highest BCUT2D eigenvalue weighted by Crippen LogP contribution is 2.20. The fourth-order valence-corrected chi connectivity index (χ4v) is 3.07. The van der Waals surface area contributed by atoms with Gasteiger partial charge in [-0.05, 0) is 42.6 Å². The van der Waals surface area contributed by atoms with Gasteiger partial charge >= 0.3 is 11.9 Å². The number of carbonyl (C=O) groups excluding carboxylic acids is 3. The van der Waals surface area contributed by atoms with Crippen molar-refractivity contribution < 1.29 is 23.9 Å². The van der Waals surface area contributed by atoms with Crippen LogP contribution in [0.5, 0.6) is 0 Å². The number of hydrogen-bond donors (Lipinski definition) is 1. The Balaban J connectivity index is 1.87. The second-order valence-electron chi connectivity index (χ2n) is 6.26. The summed E-state index contributed by atoms with van der Waals surface area (Å²) in [6, 6.07) is 14.1. The van der Waals surface area contributed by atoms with Gasteiger partial charge in [0.15, 0.2) is 0 Å². The molecule has 1 N–H and O–H groups in total. The van der Waals surface area contributed by atoms with Crippen molar-refractivity contribution in [3.8, 4) is 0 Å². The van der Waals surface area contributed by atoms with E-state index in [-0.39, 0.29) is 23.6 Å². The molecular formula is C21H20N2O5. The second-order valence-corrected chi connectivity index (χ2v) is 6.26. The van der Waals surface area contributed by atoms with Crippen molar-refractivity contribution in [2.24, 2.45) is 0 Å². The molecule has 0 saturated heterocycles. The summed E-state index contributed by atoms with van der Waals surface area (Å²) in [5, 5.41) is 3.79. The Morgan fingerprint density at radius 1 is 0.929 bits per heavy atom. The molecule has 1 amide bonds. The maximum atomic E-state index is 12.6. The fourth-order valence-electron chi connectivity index (χ4n) is 3.07. The van der Waals surface area contributed by atoms with Gasteiger partial charge in [-0.3, -0.25) is 4.79 Å². The van der Waals surface area contributed by atoms with Crippen LogP contribution in [0.2, 0.25) is 0 Å². The first-order chi connectivity index (χ1) is 13.4. The molecule has 0 fully saturated rings. The number of anilines is 1. The molecule has 0 saturated carbocycles. The first-order valence-corrected chi connectivity index (χ1v) is 8.59. The number of aryl methyl sites for hydroxylation is 1. The van der Waals surface area contributed by atoms with Gasteiger partial charge in [0.1, 0.15) is 6.54 Å². The maximum Gasteiger partial charge on any atom is 0.337 e. The predicted molar refractivity (Wildman–Crippen MR) is 104 cm³/mol. The van der Waals surface area contributed by atoms with Gasteiger partial charge in [0.25, 0.3) is 0 Å². The predicted octanol–water partition coefficient (Wildman–Crippen LogP) is 3.16. The molecule has 28 heavy (non-hydrogen) atoms. The number of methoxy groups -OCH3 is 2. The summed E-state index contributed by atoms with van der Waals surface area (Å²) >= 11 is 0. The lowest BCUT2D eigenvalue weighted by molar-refractivity contribution is -0.116. The monoisotopic (exact) mass is 380 g/mol. The molecule has 0 aliphatic rings. The Labute approximate surface area is 161 Å². The van der Waals surface area contributed by atoms with E-state index in [0.717, 1.165) is 16.6 Å². The van der Waals surface area contributed by atoms with Crippen LogP contribution in [-0.4, -0.2) is 36.6 Å². The molecule has 3 aromatic rings. The van der Waals surface area contributed by atoms with E-state index in [1.165, 1.54) is 32.4 Å². The van der Waals surface area contributed by atoms with Gasteiger partial charge in [0.05, 0.1) is 25.3 Å². The molecule has 7 heteroatoms. The fraction of sp³-hybridized carbons (Fsp3) is 0.190. The Hall–Kier alpha value is -3.61. The van der Waals surface area contributed by atoms with Crippen molar-refractivity contribution in [1.29, 1.82) is 0 Å². The number of esters is 2. The second kappa shape index (κ2) is 7.96. The number of nitrogens with one attached hydrogen (secondary N) is 1. The van der Waals surface area contributed by atoms with Crippen LogP contribution in [-0.2, 0) is 20.8 Å². The minimum Gasteiger partial charge on any atom is -0.465 e. The molecule has 0 aliphatic heterocycles. The molecule has 0 spiro atoms. The molecule has 3 rings (SSSR count). The molecule has 144 valence electrons. The van der Waals surface area contributed by atoms with Gasteiger partial charge in [0, 0.05) is 16.9 Å². The van der Waals surface area contributed by atoms with Crippen LogP contribution in [0.3, 0.4) is 0 Å². The summed E-state index contributed by atoms with van der Waals surface area (Å²) < 4.78 is 11.3. The van der Waals surface area contributed by atoms with E-state index in [2.05, 4.69) is 5.32 Å². The lowest BCUT2D eigenvalue weighted by Gasteiger charge is -2.11. The highest BCUT2D eigenvalue weighted by molar-refractivity contribution is 5.99. The van der Waals surface area contributed by atoms with E-state index >= 15 is 0 Å². The third-order valence-electron chi connectivity index (χ3n) is 4.38. The highest BCUT2D eigenvalue weighted by atomic mass is 16.5. The highest BCUT2D eigenvalue weighted by Gasteiger charge is 2.16. The molecule has 0 aliphatic carbocycles. The average molecular weight is 380 g/mol.